The summed E-state index contributed by atoms with van der Waals surface area (Å²) >= 11 is 12.0. The van der Waals surface area contributed by atoms with Gasteiger partial charge in [0.15, 0.2) is 19.0 Å². The number of rotatable bonds is 17. The molecule has 5 N–H and O–H groups in total. The summed E-state index contributed by atoms with van der Waals surface area (Å²) in [6.45, 7) is -0.928. The highest BCUT2D eigenvalue weighted by Gasteiger charge is 2.29. The number of esters is 1. The monoisotopic (exact) mass is 657 g/mol. The van der Waals surface area contributed by atoms with Crippen molar-refractivity contribution in [1.82, 2.24) is 10.6 Å². The molecule has 3 aromatic carbocycles. The molecule has 13 heteroatoms. The predicted molar refractivity (Wildman–Crippen MR) is 168 cm³/mol. The number of nitrogens with two attached hydrogens (primary N) is 1. The van der Waals surface area contributed by atoms with Crippen molar-refractivity contribution in [1.29, 1.82) is 0 Å². The van der Waals surface area contributed by atoms with E-state index in [0.29, 0.717) is 25.1 Å². The van der Waals surface area contributed by atoms with Gasteiger partial charge in [0.2, 0.25) is 5.91 Å². The Balaban J connectivity index is 1.66. The molecule has 0 aliphatic rings. The van der Waals surface area contributed by atoms with Crippen LogP contribution in [0.4, 0.5) is 0 Å². The quantitative estimate of drug-likeness (QED) is 0.123. The third-order valence-electron chi connectivity index (χ3n) is 6.53. The molecule has 3 rings (SSSR count). The van der Waals surface area contributed by atoms with Gasteiger partial charge in [-0.1, -0.05) is 77.8 Å². The number of aliphatic carboxylic acids is 1. The van der Waals surface area contributed by atoms with E-state index < -0.39 is 61.3 Å². The lowest BCUT2D eigenvalue weighted by Crippen LogP contribution is -2.53. The molecule has 0 fully saturated rings. The van der Waals surface area contributed by atoms with E-state index in [1.54, 1.807) is 12.1 Å². The molecule has 3 aromatic rings. The number of ketones is 1. The fraction of sp³-hybridized carbons (Fsp3) is 0.281. The number of halogens is 2. The Bertz CT molecular complexity index is 1480. The predicted octanol–water partition coefficient (Wildman–Crippen LogP) is 4.04. The molecule has 0 saturated carbocycles. The van der Waals surface area contributed by atoms with Crippen LogP contribution in [0.3, 0.4) is 0 Å². The number of hydrogen-bond donors (Lipinski definition) is 4. The third-order valence-corrected chi connectivity index (χ3v) is 7.16. The first-order valence-electron chi connectivity index (χ1n) is 14.0. The molecule has 0 spiro atoms. The van der Waals surface area contributed by atoms with Crippen molar-refractivity contribution in [3.8, 4) is 16.9 Å². The maximum atomic E-state index is 13.2. The van der Waals surface area contributed by atoms with Crippen LogP contribution >= 0.6 is 23.2 Å². The van der Waals surface area contributed by atoms with Crippen molar-refractivity contribution in [3.05, 3.63) is 88.4 Å². The zero-order valence-corrected chi connectivity index (χ0v) is 25.7. The number of ether oxygens (including phenoxy) is 2. The Morgan fingerprint density at radius 3 is 2.13 bits per heavy atom. The molecule has 45 heavy (non-hydrogen) atoms. The van der Waals surface area contributed by atoms with E-state index in [2.05, 4.69) is 10.6 Å². The highest BCUT2D eigenvalue weighted by atomic mass is 35.5. The van der Waals surface area contributed by atoms with E-state index in [1.807, 2.05) is 42.5 Å². The number of nitrogens with one attached hydrogen (secondary N) is 2. The zero-order chi connectivity index (χ0) is 32.8. The van der Waals surface area contributed by atoms with Crippen LogP contribution in [0.5, 0.6) is 5.75 Å². The molecule has 0 unspecified atom stereocenters. The highest BCUT2D eigenvalue weighted by molar-refractivity contribution is 6.39. The van der Waals surface area contributed by atoms with Crippen LogP contribution in [0.15, 0.2) is 72.8 Å². The van der Waals surface area contributed by atoms with Gasteiger partial charge in [-0.2, -0.15) is 0 Å². The number of carboxylic acid groups (broad SMARTS) is 1. The van der Waals surface area contributed by atoms with Crippen molar-refractivity contribution in [3.63, 3.8) is 0 Å². The molecule has 0 aliphatic carbocycles. The summed E-state index contributed by atoms with van der Waals surface area (Å²) in [7, 11) is 0. The number of carboxylic acids is 1. The Morgan fingerprint density at radius 2 is 1.47 bits per heavy atom. The molecule has 11 nitrogen and oxygen atoms in total. The lowest BCUT2D eigenvalue weighted by atomic mass is 10.0. The summed E-state index contributed by atoms with van der Waals surface area (Å²) in [6, 6.07) is 18.3. The molecule has 0 radical (unpaired) electrons. The average molecular weight is 659 g/mol. The SMILES string of the molecule is NCCCC[C@H](NC(=O)COc1ccccc1-c1ccccc1)C(=O)N[C@@H](CC(=O)O)C(=O)COC(=O)c1c(Cl)cccc1Cl. The van der Waals surface area contributed by atoms with E-state index in [-0.39, 0.29) is 22.0 Å². The summed E-state index contributed by atoms with van der Waals surface area (Å²) in [5, 5.41) is 14.3. The second-order valence-electron chi connectivity index (χ2n) is 9.85. The fourth-order valence-corrected chi connectivity index (χ4v) is 4.84. The van der Waals surface area contributed by atoms with Crippen molar-refractivity contribution in [2.45, 2.75) is 37.8 Å². The Labute approximate surface area is 270 Å². The van der Waals surface area contributed by atoms with Crippen molar-refractivity contribution >= 4 is 52.7 Å². The van der Waals surface area contributed by atoms with Gasteiger partial charge in [0.25, 0.3) is 5.91 Å². The number of Topliss-reactive ketones (excluding diaryl/α,β-unsaturated/α-hetero) is 1. The average Bonchev–Trinajstić information content (AvgIpc) is 3.02. The Morgan fingerprint density at radius 1 is 0.800 bits per heavy atom. The first-order chi connectivity index (χ1) is 21.6. The molecule has 0 aromatic heterocycles. The van der Waals surface area contributed by atoms with Gasteiger partial charge in [0.1, 0.15) is 17.8 Å². The number of unbranched alkanes of at least 4 members (excludes halogenated alkanes) is 1. The molecule has 0 saturated heterocycles. The number of amides is 2. The van der Waals surface area contributed by atoms with E-state index in [0.717, 1.165) is 11.1 Å². The van der Waals surface area contributed by atoms with Gasteiger partial charge in [-0.15, -0.1) is 0 Å². The molecular formula is C32H33Cl2N3O8. The maximum Gasteiger partial charge on any atom is 0.341 e. The number of para-hydroxylation sites is 1. The van der Waals surface area contributed by atoms with E-state index in [9.17, 15) is 29.1 Å². The number of carbonyl (C=O) groups is 5. The first-order valence-corrected chi connectivity index (χ1v) is 14.8. The number of benzene rings is 3. The second-order valence-corrected chi connectivity index (χ2v) is 10.7. The van der Waals surface area contributed by atoms with Crippen LogP contribution in [0.25, 0.3) is 11.1 Å². The molecule has 2 atom stereocenters. The molecule has 238 valence electrons. The van der Waals surface area contributed by atoms with Gasteiger partial charge in [-0.3, -0.25) is 19.2 Å². The summed E-state index contributed by atoms with van der Waals surface area (Å²) in [5.74, 6) is -4.23. The molecule has 0 aliphatic heterocycles. The van der Waals surface area contributed by atoms with Crippen LogP contribution in [0, 0.1) is 0 Å². The van der Waals surface area contributed by atoms with Gasteiger partial charge < -0.3 is 30.9 Å². The lowest BCUT2D eigenvalue weighted by molar-refractivity contribution is -0.141. The smallest absolute Gasteiger partial charge is 0.341 e. The third kappa shape index (κ3) is 10.9. The van der Waals surface area contributed by atoms with Gasteiger partial charge >= 0.3 is 11.9 Å². The first kappa shape index (κ1) is 35.0. The van der Waals surface area contributed by atoms with Gasteiger partial charge in [0.05, 0.1) is 22.0 Å². The van der Waals surface area contributed by atoms with Gasteiger partial charge in [0, 0.05) is 5.56 Å². The maximum absolute atomic E-state index is 13.2. The standard InChI is InChI=1S/C32H33Cl2N3O8/c33-22-12-8-13-23(34)30(22)32(43)45-18-26(38)25(17-29(40)41)37-31(42)24(14-6-7-16-35)36-28(39)19-44-27-15-5-4-11-21(27)20-9-2-1-3-10-20/h1-5,8-13,15,24-25H,6-7,14,16-19,35H2,(H,36,39)(H,37,42)(H,40,41)/t24-,25-/m0/s1. The van der Waals surface area contributed by atoms with Crippen LogP contribution in [-0.2, 0) is 23.9 Å². The van der Waals surface area contributed by atoms with Crippen LogP contribution in [-0.4, -0.2) is 66.5 Å². The van der Waals surface area contributed by atoms with Crippen molar-refractivity contribution < 1.29 is 38.6 Å². The topological polar surface area (TPSA) is 174 Å². The molecule has 0 bridgehead atoms. The summed E-state index contributed by atoms with van der Waals surface area (Å²) in [6.07, 6.45) is 0.375. The van der Waals surface area contributed by atoms with E-state index in [4.69, 9.17) is 38.4 Å². The Hall–Kier alpha value is -4.45. The minimum Gasteiger partial charge on any atom is -0.483 e. The Kier molecular flexibility index (Phi) is 13.8. The largest absolute Gasteiger partial charge is 0.483 e. The molecule has 0 heterocycles. The summed E-state index contributed by atoms with van der Waals surface area (Å²) < 4.78 is 10.8. The summed E-state index contributed by atoms with van der Waals surface area (Å²) in [5.41, 5.74) is 7.09. The van der Waals surface area contributed by atoms with E-state index >= 15 is 0 Å². The zero-order valence-electron chi connectivity index (χ0n) is 24.2. The lowest BCUT2D eigenvalue weighted by Gasteiger charge is -2.22. The second kappa shape index (κ2) is 17.7. The number of hydrogen-bond acceptors (Lipinski definition) is 8. The number of carbonyl (C=O) groups excluding carboxylic acids is 4. The van der Waals surface area contributed by atoms with Crippen LogP contribution in [0.2, 0.25) is 10.0 Å². The molecule has 2 amide bonds. The fourth-order valence-electron chi connectivity index (χ4n) is 4.28. The van der Waals surface area contributed by atoms with Crippen molar-refractivity contribution in [2.75, 3.05) is 19.8 Å². The van der Waals surface area contributed by atoms with Crippen molar-refractivity contribution in [2.24, 2.45) is 5.73 Å². The minimum atomic E-state index is -1.56. The highest BCUT2D eigenvalue weighted by Crippen LogP contribution is 2.29. The molecular weight excluding hydrogens is 625 g/mol. The minimum absolute atomic E-state index is 0.000987. The van der Waals surface area contributed by atoms with E-state index in [1.165, 1.54) is 18.2 Å². The summed E-state index contributed by atoms with van der Waals surface area (Å²) in [4.78, 5) is 63.0. The van der Waals surface area contributed by atoms with Crippen LogP contribution < -0.4 is 21.1 Å². The normalized spacial score (nSPS) is 12.0. The van der Waals surface area contributed by atoms with Gasteiger partial charge in [-0.25, -0.2) is 4.79 Å². The van der Waals surface area contributed by atoms with Gasteiger partial charge in [-0.05, 0) is 49.6 Å². The van der Waals surface area contributed by atoms with Crippen LogP contribution in [0.1, 0.15) is 36.0 Å².